The minimum absolute atomic E-state index is 0.246. The molecule has 6 heteroatoms. The summed E-state index contributed by atoms with van der Waals surface area (Å²) in [4.78, 5) is 17.8. The van der Waals surface area contributed by atoms with Crippen molar-refractivity contribution in [1.82, 2.24) is 4.98 Å². The quantitative estimate of drug-likeness (QED) is 0.771. The van der Waals surface area contributed by atoms with E-state index in [0.29, 0.717) is 5.92 Å². The summed E-state index contributed by atoms with van der Waals surface area (Å²) in [5.41, 5.74) is 0.783. The zero-order valence-corrected chi connectivity index (χ0v) is 12.2. The second-order valence-electron chi connectivity index (χ2n) is 4.81. The van der Waals surface area contributed by atoms with Crippen molar-refractivity contribution in [2.45, 2.75) is 19.3 Å². The van der Waals surface area contributed by atoms with Crippen LogP contribution in [0.3, 0.4) is 0 Å². The van der Waals surface area contributed by atoms with Gasteiger partial charge >= 0.3 is 5.97 Å². The summed E-state index contributed by atoms with van der Waals surface area (Å²) in [6.45, 7) is 2.72. The van der Waals surface area contributed by atoms with Gasteiger partial charge < -0.3 is 14.4 Å². The SMILES string of the molecule is COC(=O)Cc1csc(N(C)CC2CCOCC2)n1. The molecule has 0 aromatic carbocycles. The summed E-state index contributed by atoms with van der Waals surface area (Å²) in [5, 5.41) is 2.89. The number of hydrogen-bond donors (Lipinski definition) is 0. The Bertz CT molecular complexity index is 416. The summed E-state index contributed by atoms with van der Waals surface area (Å²) in [5.74, 6) is 0.427. The molecule has 1 fully saturated rings. The molecule has 0 radical (unpaired) electrons. The monoisotopic (exact) mass is 284 g/mol. The van der Waals surface area contributed by atoms with Crippen LogP contribution in [0.2, 0.25) is 0 Å². The zero-order chi connectivity index (χ0) is 13.7. The largest absolute Gasteiger partial charge is 0.469 e. The third-order valence-corrected chi connectivity index (χ3v) is 4.30. The van der Waals surface area contributed by atoms with Crippen LogP contribution >= 0.6 is 11.3 Å². The molecule has 5 nitrogen and oxygen atoms in total. The highest BCUT2D eigenvalue weighted by Crippen LogP contribution is 2.23. The molecule has 0 aliphatic carbocycles. The lowest BCUT2D eigenvalue weighted by molar-refractivity contribution is -0.139. The van der Waals surface area contributed by atoms with Gasteiger partial charge in [-0.1, -0.05) is 0 Å². The van der Waals surface area contributed by atoms with Crippen molar-refractivity contribution in [1.29, 1.82) is 0 Å². The van der Waals surface area contributed by atoms with E-state index in [-0.39, 0.29) is 12.4 Å². The van der Waals surface area contributed by atoms with E-state index in [4.69, 9.17) is 4.74 Å². The molecular formula is C13H20N2O3S. The van der Waals surface area contributed by atoms with Gasteiger partial charge in [-0.2, -0.15) is 0 Å². The third kappa shape index (κ3) is 4.18. The number of nitrogens with zero attached hydrogens (tertiary/aromatic N) is 2. The lowest BCUT2D eigenvalue weighted by Gasteiger charge is -2.26. The Morgan fingerprint density at radius 3 is 3.00 bits per heavy atom. The lowest BCUT2D eigenvalue weighted by atomic mass is 10.0. The van der Waals surface area contributed by atoms with Crippen molar-refractivity contribution < 1.29 is 14.3 Å². The first-order valence-corrected chi connectivity index (χ1v) is 7.37. The fraction of sp³-hybridized carbons (Fsp3) is 0.692. The minimum Gasteiger partial charge on any atom is -0.469 e. The normalized spacial score (nSPS) is 16.3. The highest BCUT2D eigenvalue weighted by molar-refractivity contribution is 7.13. The number of carbonyl (C=O) groups excluding carboxylic acids is 1. The zero-order valence-electron chi connectivity index (χ0n) is 11.4. The first kappa shape index (κ1) is 14.3. The average molecular weight is 284 g/mol. The van der Waals surface area contributed by atoms with E-state index >= 15 is 0 Å². The van der Waals surface area contributed by atoms with E-state index in [9.17, 15) is 4.79 Å². The van der Waals surface area contributed by atoms with Gasteiger partial charge in [-0.15, -0.1) is 11.3 Å². The maximum Gasteiger partial charge on any atom is 0.311 e. The Labute approximate surface area is 117 Å². The van der Waals surface area contributed by atoms with Gasteiger partial charge in [-0.3, -0.25) is 4.79 Å². The topological polar surface area (TPSA) is 51.7 Å². The highest BCUT2D eigenvalue weighted by atomic mass is 32.1. The van der Waals surface area contributed by atoms with Gasteiger partial charge in [0.2, 0.25) is 0 Å². The molecular weight excluding hydrogens is 264 g/mol. The predicted octanol–water partition coefficient (Wildman–Crippen LogP) is 1.72. The maximum absolute atomic E-state index is 11.2. The molecule has 0 bridgehead atoms. The standard InChI is InChI=1S/C13H20N2O3S/c1-15(8-10-3-5-18-6-4-10)13-14-11(9-19-13)7-12(16)17-2/h9-10H,3-8H2,1-2H3. The van der Waals surface area contributed by atoms with E-state index in [1.807, 2.05) is 5.38 Å². The van der Waals surface area contributed by atoms with Crippen LogP contribution in [0.4, 0.5) is 5.13 Å². The van der Waals surface area contributed by atoms with Gasteiger partial charge in [0, 0.05) is 32.2 Å². The smallest absolute Gasteiger partial charge is 0.311 e. The Kier molecular flexibility index (Phi) is 5.15. The van der Waals surface area contributed by atoms with Crippen LogP contribution in [0, 0.1) is 5.92 Å². The molecule has 1 saturated heterocycles. The van der Waals surface area contributed by atoms with E-state index in [1.165, 1.54) is 7.11 Å². The minimum atomic E-state index is -0.246. The summed E-state index contributed by atoms with van der Waals surface area (Å²) in [6.07, 6.45) is 2.48. The number of methoxy groups -OCH3 is 1. The van der Waals surface area contributed by atoms with Crippen molar-refractivity contribution in [3.8, 4) is 0 Å². The molecule has 1 aromatic rings. The van der Waals surface area contributed by atoms with Gasteiger partial charge in [-0.05, 0) is 18.8 Å². The number of anilines is 1. The molecule has 0 unspecified atom stereocenters. The molecule has 19 heavy (non-hydrogen) atoms. The molecule has 0 N–H and O–H groups in total. The fourth-order valence-corrected chi connectivity index (χ4v) is 2.97. The molecule has 0 spiro atoms. The van der Waals surface area contributed by atoms with Crippen LogP contribution < -0.4 is 4.90 Å². The predicted molar refractivity (Wildman–Crippen MR) is 74.6 cm³/mol. The molecule has 1 aromatic heterocycles. The lowest BCUT2D eigenvalue weighted by Crippen LogP contribution is -2.29. The third-order valence-electron chi connectivity index (χ3n) is 3.29. The Hall–Kier alpha value is -1.14. The number of carbonyl (C=O) groups is 1. The van der Waals surface area contributed by atoms with E-state index < -0.39 is 0 Å². The molecule has 0 atom stereocenters. The average Bonchev–Trinajstić information content (AvgIpc) is 2.88. The maximum atomic E-state index is 11.2. The van der Waals surface area contributed by atoms with Crippen molar-refractivity contribution >= 4 is 22.4 Å². The summed E-state index contributed by atoms with van der Waals surface area (Å²) >= 11 is 1.57. The number of ether oxygens (including phenoxy) is 2. The summed E-state index contributed by atoms with van der Waals surface area (Å²) in [7, 11) is 3.45. The summed E-state index contributed by atoms with van der Waals surface area (Å²) < 4.78 is 10.0. The van der Waals surface area contributed by atoms with E-state index in [2.05, 4.69) is 21.7 Å². The van der Waals surface area contributed by atoms with Crippen molar-refractivity contribution in [3.05, 3.63) is 11.1 Å². The second-order valence-corrected chi connectivity index (χ2v) is 5.65. The van der Waals surface area contributed by atoms with Gasteiger partial charge in [0.25, 0.3) is 0 Å². The number of aromatic nitrogens is 1. The van der Waals surface area contributed by atoms with E-state index in [1.54, 1.807) is 11.3 Å². The molecule has 1 aliphatic rings. The second kappa shape index (κ2) is 6.86. The van der Waals surface area contributed by atoms with Crippen LogP contribution in [-0.2, 0) is 20.7 Å². The van der Waals surface area contributed by atoms with Crippen LogP contribution in [0.15, 0.2) is 5.38 Å². The van der Waals surface area contributed by atoms with Crippen molar-refractivity contribution in [2.24, 2.45) is 5.92 Å². The number of thiazole rings is 1. The fourth-order valence-electron chi connectivity index (χ4n) is 2.17. The number of rotatable bonds is 5. The van der Waals surface area contributed by atoms with Crippen LogP contribution in [0.5, 0.6) is 0 Å². The molecule has 106 valence electrons. The van der Waals surface area contributed by atoms with Gasteiger partial charge in [0.1, 0.15) is 0 Å². The molecule has 2 rings (SSSR count). The molecule has 0 amide bonds. The van der Waals surface area contributed by atoms with Gasteiger partial charge in [0.15, 0.2) is 5.13 Å². The first-order valence-electron chi connectivity index (χ1n) is 6.49. The van der Waals surface area contributed by atoms with Crippen molar-refractivity contribution in [3.63, 3.8) is 0 Å². The molecule has 1 aliphatic heterocycles. The number of hydrogen-bond acceptors (Lipinski definition) is 6. The molecule has 0 saturated carbocycles. The van der Waals surface area contributed by atoms with Crippen LogP contribution in [0.1, 0.15) is 18.5 Å². The van der Waals surface area contributed by atoms with Gasteiger partial charge in [0.05, 0.1) is 19.2 Å². The van der Waals surface area contributed by atoms with Crippen LogP contribution in [-0.4, -0.2) is 44.9 Å². The highest BCUT2D eigenvalue weighted by Gasteiger charge is 2.17. The first-order chi connectivity index (χ1) is 9.19. The van der Waals surface area contributed by atoms with Gasteiger partial charge in [-0.25, -0.2) is 4.98 Å². The van der Waals surface area contributed by atoms with Crippen LogP contribution in [0.25, 0.3) is 0 Å². The number of esters is 1. The Balaban J connectivity index is 1.88. The van der Waals surface area contributed by atoms with E-state index in [0.717, 1.165) is 43.4 Å². The van der Waals surface area contributed by atoms with Crippen molar-refractivity contribution in [2.75, 3.05) is 38.8 Å². The Morgan fingerprint density at radius 1 is 1.58 bits per heavy atom. The Morgan fingerprint density at radius 2 is 2.32 bits per heavy atom. The molecule has 2 heterocycles. The summed E-state index contributed by atoms with van der Waals surface area (Å²) in [6, 6.07) is 0.